The molecule has 1 aliphatic rings. The number of aromatic nitrogens is 2. The molecule has 1 aromatic rings. The summed E-state index contributed by atoms with van der Waals surface area (Å²) in [5.41, 5.74) is 10.6. The summed E-state index contributed by atoms with van der Waals surface area (Å²) in [5, 5.41) is 0. The Labute approximate surface area is 101 Å². The maximum atomic E-state index is 11.4. The smallest absolute Gasteiger partial charge is 0.237 e. The van der Waals surface area contributed by atoms with Crippen LogP contribution < -0.4 is 11.5 Å². The molecule has 2 atom stereocenters. The van der Waals surface area contributed by atoms with Gasteiger partial charge in [0.15, 0.2) is 0 Å². The number of aryl methyl sites for hydroxylation is 1. The topological polar surface area (TPSA) is 86.9 Å². The number of hydrogen-bond donors (Lipinski definition) is 2. The van der Waals surface area contributed by atoms with Crippen LogP contribution in [0.5, 0.6) is 0 Å². The van der Waals surface area contributed by atoms with E-state index in [1.54, 1.807) is 6.20 Å². The highest BCUT2D eigenvalue weighted by molar-refractivity contribution is 5.84. The number of primary amides is 1. The van der Waals surface area contributed by atoms with Crippen molar-refractivity contribution in [3.8, 4) is 0 Å². The van der Waals surface area contributed by atoms with E-state index in [2.05, 4.69) is 16.5 Å². The van der Waals surface area contributed by atoms with Crippen molar-refractivity contribution in [3.05, 3.63) is 18.2 Å². The molecule has 1 heterocycles. The van der Waals surface area contributed by atoms with Crippen LogP contribution in [0.1, 0.15) is 44.5 Å². The molecule has 0 bridgehead atoms. The highest BCUT2D eigenvalue weighted by atomic mass is 16.1. The number of carbonyl (C=O) groups is 1. The first-order chi connectivity index (χ1) is 8.07. The molecule has 0 radical (unpaired) electrons. The first-order valence-electron chi connectivity index (χ1n) is 6.17. The Morgan fingerprint density at radius 2 is 2.47 bits per heavy atom. The molecule has 1 aliphatic carbocycles. The summed E-state index contributed by atoms with van der Waals surface area (Å²) < 4.78 is 2.14. The lowest BCUT2D eigenvalue weighted by Gasteiger charge is -2.36. The molecular weight excluding hydrogens is 216 g/mol. The van der Waals surface area contributed by atoms with E-state index in [0.717, 1.165) is 25.1 Å². The van der Waals surface area contributed by atoms with Gasteiger partial charge in [0, 0.05) is 24.9 Å². The van der Waals surface area contributed by atoms with Crippen molar-refractivity contribution >= 4 is 5.91 Å². The van der Waals surface area contributed by atoms with E-state index in [-0.39, 0.29) is 11.9 Å². The summed E-state index contributed by atoms with van der Waals surface area (Å²) in [6.45, 7) is 2.07. The van der Waals surface area contributed by atoms with Crippen molar-refractivity contribution in [2.75, 3.05) is 0 Å². The number of imidazole rings is 1. The van der Waals surface area contributed by atoms with Gasteiger partial charge in [-0.3, -0.25) is 4.79 Å². The Hall–Kier alpha value is -1.36. The van der Waals surface area contributed by atoms with Crippen LogP contribution in [0, 0.1) is 0 Å². The van der Waals surface area contributed by atoms with Gasteiger partial charge in [-0.25, -0.2) is 4.98 Å². The van der Waals surface area contributed by atoms with Gasteiger partial charge in [0.2, 0.25) is 5.91 Å². The number of rotatable bonds is 3. The molecule has 17 heavy (non-hydrogen) atoms. The average Bonchev–Trinajstić information content (AvgIpc) is 2.77. The Kier molecular flexibility index (Phi) is 3.19. The van der Waals surface area contributed by atoms with Gasteiger partial charge in [0.1, 0.15) is 5.82 Å². The van der Waals surface area contributed by atoms with E-state index < -0.39 is 5.54 Å². The number of amides is 1. The fourth-order valence-corrected chi connectivity index (χ4v) is 2.69. The fraction of sp³-hybridized carbons (Fsp3) is 0.667. The molecule has 1 amide bonds. The standard InChI is InChI=1S/C12H20N4O/c1-2-10-15-6-7-16(10)9-4-3-5-12(14,8-9)11(13)17/h6-7,9H,2-5,8,14H2,1H3,(H2,13,17). The molecule has 5 nitrogen and oxygen atoms in total. The first-order valence-corrected chi connectivity index (χ1v) is 6.17. The molecule has 0 aromatic carbocycles. The molecule has 1 aromatic heterocycles. The van der Waals surface area contributed by atoms with Crippen molar-refractivity contribution in [3.63, 3.8) is 0 Å². The Bertz CT molecular complexity index is 414. The van der Waals surface area contributed by atoms with E-state index in [0.29, 0.717) is 12.8 Å². The summed E-state index contributed by atoms with van der Waals surface area (Å²) in [5.74, 6) is 0.657. The number of carbonyl (C=O) groups excluding carboxylic acids is 1. The van der Waals surface area contributed by atoms with Gasteiger partial charge in [-0.2, -0.15) is 0 Å². The highest BCUT2D eigenvalue weighted by Gasteiger charge is 2.38. The lowest BCUT2D eigenvalue weighted by molar-refractivity contribution is -0.124. The predicted molar refractivity (Wildman–Crippen MR) is 65.2 cm³/mol. The Morgan fingerprint density at radius 1 is 1.71 bits per heavy atom. The SMILES string of the molecule is CCc1nccn1C1CCCC(N)(C(N)=O)C1. The molecule has 2 unspecified atom stereocenters. The summed E-state index contributed by atoms with van der Waals surface area (Å²) in [6.07, 6.45) is 7.94. The molecule has 2 rings (SSSR count). The lowest BCUT2D eigenvalue weighted by atomic mass is 9.79. The van der Waals surface area contributed by atoms with Crippen LogP contribution in [0.4, 0.5) is 0 Å². The second-order valence-electron chi connectivity index (χ2n) is 4.87. The van der Waals surface area contributed by atoms with Crippen LogP contribution in [0.2, 0.25) is 0 Å². The number of hydrogen-bond acceptors (Lipinski definition) is 3. The molecule has 0 saturated heterocycles. The van der Waals surface area contributed by atoms with Gasteiger partial charge >= 0.3 is 0 Å². The fourth-order valence-electron chi connectivity index (χ4n) is 2.69. The van der Waals surface area contributed by atoms with Crippen molar-refractivity contribution in [2.45, 2.75) is 50.6 Å². The van der Waals surface area contributed by atoms with E-state index >= 15 is 0 Å². The van der Waals surface area contributed by atoms with Gasteiger partial charge in [-0.1, -0.05) is 6.92 Å². The molecule has 1 saturated carbocycles. The van der Waals surface area contributed by atoms with Crippen molar-refractivity contribution in [1.29, 1.82) is 0 Å². The van der Waals surface area contributed by atoms with Crippen LogP contribution in [-0.2, 0) is 11.2 Å². The van der Waals surface area contributed by atoms with E-state index in [1.165, 1.54) is 0 Å². The normalized spacial score (nSPS) is 29.2. The average molecular weight is 236 g/mol. The molecule has 0 aliphatic heterocycles. The molecule has 4 N–H and O–H groups in total. The molecule has 5 heteroatoms. The highest BCUT2D eigenvalue weighted by Crippen LogP contribution is 2.34. The molecule has 94 valence electrons. The van der Waals surface area contributed by atoms with Crippen molar-refractivity contribution < 1.29 is 4.79 Å². The van der Waals surface area contributed by atoms with E-state index in [4.69, 9.17) is 11.5 Å². The van der Waals surface area contributed by atoms with Crippen LogP contribution in [0.15, 0.2) is 12.4 Å². The minimum Gasteiger partial charge on any atom is -0.368 e. The van der Waals surface area contributed by atoms with E-state index in [1.807, 2.05) is 6.20 Å². The minimum atomic E-state index is -0.849. The maximum absolute atomic E-state index is 11.4. The van der Waals surface area contributed by atoms with Gasteiger partial charge in [-0.15, -0.1) is 0 Å². The largest absolute Gasteiger partial charge is 0.368 e. The van der Waals surface area contributed by atoms with Crippen LogP contribution >= 0.6 is 0 Å². The molecule has 0 spiro atoms. The zero-order valence-electron chi connectivity index (χ0n) is 10.2. The summed E-state index contributed by atoms with van der Waals surface area (Å²) in [6, 6.07) is 0.249. The quantitative estimate of drug-likeness (QED) is 0.811. The third kappa shape index (κ3) is 2.20. The second-order valence-corrected chi connectivity index (χ2v) is 4.87. The Morgan fingerprint density at radius 3 is 3.12 bits per heavy atom. The van der Waals surface area contributed by atoms with Gasteiger partial charge in [-0.05, 0) is 25.7 Å². The third-order valence-electron chi connectivity index (χ3n) is 3.71. The molecule has 1 fully saturated rings. The summed E-state index contributed by atoms with van der Waals surface area (Å²) >= 11 is 0. The lowest BCUT2D eigenvalue weighted by Crippen LogP contribution is -2.54. The van der Waals surface area contributed by atoms with Crippen molar-refractivity contribution in [2.24, 2.45) is 11.5 Å². The predicted octanol–water partition coefficient (Wildman–Crippen LogP) is 0.743. The monoisotopic (exact) mass is 236 g/mol. The van der Waals surface area contributed by atoms with Gasteiger partial charge < -0.3 is 16.0 Å². The zero-order chi connectivity index (χ0) is 12.5. The summed E-state index contributed by atoms with van der Waals surface area (Å²) in [4.78, 5) is 15.7. The van der Waals surface area contributed by atoms with Crippen LogP contribution in [0.25, 0.3) is 0 Å². The van der Waals surface area contributed by atoms with Gasteiger partial charge in [0.25, 0.3) is 0 Å². The van der Waals surface area contributed by atoms with E-state index in [9.17, 15) is 4.79 Å². The van der Waals surface area contributed by atoms with Crippen molar-refractivity contribution in [1.82, 2.24) is 9.55 Å². The second kappa shape index (κ2) is 4.49. The number of nitrogens with zero attached hydrogens (tertiary/aromatic N) is 2. The minimum absolute atomic E-state index is 0.249. The third-order valence-corrected chi connectivity index (χ3v) is 3.71. The van der Waals surface area contributed by atoms with Crippen LogP contribution in [-0.4, -0.2) is 21.0 Å². The molecular formula is C12H20N4O. The Balaban J connectivity index is 2.20. The summed E-state index contributed by atoms with van der Waals surface area (Å²) in [7, 11) is 0. The zero-order valence-corrected chi connectivity index (χ0v) is 10.2. The number of nitrogens with two attached hydrogens (primary N) is 2. The maximum Gasteiger partial charge on any atom is 0.237 e. The van der Waals surface area contributed by atoms with Gasteiger partial charge in [0.05, 0.1) is 5.54 Å². The van der Waals surface area contributed by atoms with Crippen LogP contribution in [0.3, 0.4) is 0 Å². The first kappa shape index (κ1) is 12.1.